The molecule has 1 atom stereocenters. The summed E-state index contributed by atoms with van der Waals surface area (Å²) in [5.41, 5.74) is 3.01. The van der Waals surface area contributed by atoms with E-state index in [2.05, 4.69) is 4.98 Å². The van der Waals surface area contributed by atoms with Crippen LogP contribution in [0.5, 0.6) is 11.5 Å². The summed E-state index contributed by atoms with van der Waals surface area (Å²) >= 11 is 1.49. The summed E-state index contributed by atoms with van der Waals surface area (Å²) in [6.45, 7) is 1.12. The van der Waals surface area contributed by atoms with Gasteiger partial charge in [-0.2, -0.15) is 0 Å². The van der Waals surface area contributed by atoms with Gasteiger partial charge >= 0.3 is 5.97 Å². The number of carboxylic acids is 1. The van der Waals surface area contributed by atoms with Crippen molar-refractivity contribution in [3.8, 4) is 11.5 Å². The molecule has 8 heteroatoms. The number of aliphatic carboxylic acids is 1. The minimum Gasteiger partial charge on any atom is -0.493 e. The number of carbonyl (C=O) groups excluding carboxylic acids is 1. The van der Waals surface area contributed by atoms with E-state index in [0.29, 0.717) is 43.1 Å². The van der Waals surface area contributed by atoms with Crippen molar-refractivity contribution in [2.45, 2.75) is 19.4 Å². The van der Waals surface area contributed by atoms with Crippen LogP contribution < -0.4 is 9.47 Å². The smallest absolute Gasteiger partial charge is 0.308 e. The molecule has 0 radical (unpaired) electrons. The van der Waals surface area contributed by atoms with Crippen LogP contribution in [0.25, 0.3) is 0 Å². The normalized spacial score (nSPS) is 17.0. The van der Waals surface area contributed by atoms with Crippen molar-refractivity contribution >= 4 is 23.2 Å². The van der Waals surface area contributed by atoms with Crippen LogP contribution in [0.2, 0.25) is 0 Å². The van der Waals surface area contributed by atoms with Gasteiger partial charge in [-0.15, -0.1) is 11.3 Å². The lowest BCUT2D eigenvalue weighted by Gasteiger charge is -2.30. The molecule has 1 aliphatic heterocycles. The SMILES string of the molecule is COc1cc(C(=O)N2CCC[C@H](C(=O)O)C2)ccc1OCc1cscn1. The zero-order valence-electron chi connectivity index (χ0n) is 14.4. The molecule has 3 rings (SSSR count). The average molecular weight is 376 g/mol. The van der Waals surface area contributed by atoms with Crippen LogP contribution in [0, 0.1) is 5.92 Å². The van der Waals surface area contributed by atoms with Crippen LogP contribution in [-0.4, -0.2) is 47.1 Å². The van der Waals surface area contributed by atoms with Gasteiger partial charge in [-0.3, -0.25) is 9.59 Å². The van der Waals surface area contributed by atoms with Gasteiger partial charge in [0.25, 0.3) is 5.91 Å². The van der Waals surface area contributed by atoms with Gasteiger partial charge in [-0.05, 0) is 31.0 Å². The van der Waals surface area contributed by atoms with Crippen molar-refractivity contribution in [2.75, 3.05) is 20.2 Å². The first-order valence-electron chi connectivity index (χ1n) is 8.28. The van der Waals surface area contributed by atoms with Gasteiger partial charge in [0.1, 0.15) is 6.61 Å². The van der Waals surface area contributed by atoms with Crippen LogP contribution in [0.1, 0.15) is 28.9 Å². The van der Waals surface area contributed by atoms with Crippen molar-refractivity contribution in [1.29, 1.82) is 0 Å². The summed E-state index contributed by atoms with van der Waals surface area (Å²) in [5, 5.41) is 11.1. The first-order chi connectivity index (χ1) is 12.6. The third kappa shape index (κ3) is 4.13. The molecular formula is C18H20N2O5S. The number of piperidine rings is 1. The number of amides is 1. The number of methoxy groups -OCH3 is 1. The molecule has 1 amide bonds. The lowest BCUT2D eigenvalue weighted by molar-refractivity contribution is -0.143. The van der Waals surface area contributed by atoms with Gasteiger partial charge in [0.15, 0.2) is 11.5 Å². The molecule has 1 N–H and O–H groups in total. The Kier molecular flexibility index (Phi) is 5.72. The van der Waals surface area contributed by atoms with E-state index in [9.17, 15) is 14.7 Å². The maximum absolute atomic E-state index is 12.7. The zero-order valence-corrected chi connectivity index (χ0v) is 15.2. The third-order valence-electron chi connectivity index (χ3n) is 4.33. The molecule has 26 heavy (non-hydrogen) atoms. The Morgan fingerprint density at radius 2 is 2.23 bits per heavy atom. The van der Waals surface area contributed by atoms with Gasteiger partial charge in [-0.1, -0.05) is 0 Å². The molecule has 2 aromatic rings. The van der Waals surface area contributed by atoms with Gasteiger partial charge in [0, 0.05) is 24.0 Å². The maximum Gasteiger partial charge on any atom is 0.308 e. The second kappa shape index (κ2) is 8.18. The zero-order chi connectivity index (χ0) is 18.5. The Hall–Kier alpha value is -2.61. The van der Waals surface area contributed by atoms with Crippen LogP contribution >= 0.6 is 11.3 Å². The maximum atomic E-state index is 12.7. The fourth-order valence-corrected chi connectivity index (χ4v) is 3.47. The fourth-order valence-electron chi connectivity index (χ4n) is 2.93. The topological polar surface area (TPSA) is 89.0 Å². The number of carbonyl (C=O) groups is 2. The van der Waals surface area contributed by atoms with E-state index in [1.807, 2.05) is 5.38 Å². The molecule has 0 unspecified atom stereocenters. The number of nitrogens with zero attached hydrogens (tertiary/aromatic N) is 2. The molecule has 138 valence electrons. The molecule has 1 aliphatic rings. The highest BCUT2D eigenvalue weighted by Crippen LogP contribution is 2.30. The summed E-state index contributed by atoms with van der Waals surface area (Å²) in [6, 6.07) is 4.99. The number of benzene rings is 1. The summed E-state index contributed by atoms with van der Waals surface area (Å²) < 4.78 is 11.1. The number of ether oxygens (including phenoxy) is 2. The second-order valence-electron chi connectivity index (χ2n) is 6.06. The van der Waals surface area contributed by atoms with E-state index < -0.39 is 11.9 Å². The Bertz CT molecular complexity index is 778. The highest BCUT2D eigenvalue weighted by molar-refractivity contribution is 7.07. The Morgan fingerprint density at radius 3 is 2.92 bits per heavy atom. The molecule has 0 aliphatic carbocycles. The molecule has 1 saturated heterocycles. The van der Waals surface area contributed by atoms with E-state index in [4.69, 9.17) is 9.47 Å². The first kappa shape index (κ1) is 18.2. The molecule has 1 fully saturated rings. The molecule has 1 aromatic carbocycles. The van der Waals surface area contributed by atoms with E-state index in [-0.39, 0.29) is 12.5 Å². The van der Waals surface area contributed by atoms with E-state index in [1.165, 1.54) is 18.4 Å². The number of carboxylic acid groups (broad SMARTS) is 1. The van der Waals surface area contributed by atoms with E-state index >= 15 is 0 Å². The van der Waals surface area contributed by atoms with Crippen molar-refractivity contribution in [1.82, 2.24) is 9.88 Å². The summed E-state index contributed by atoms with van der Waals surface area (Å²) in [7, 11) is 1.51. The average Bonchev–Trinajstić information content (AvgIpc) is 3.19. The fraction of sp³-hybridized carbons (Fsp3) is 0.389. The molecule has 0 bridgehead atoms. The number of thiazole rings is 1. The van der Waals surface area contributed by atoms with Crippen LogP contribution in [0.3, 0.4) is 0 Å². The molecule has 0 spiro atoms. The standard InChI is InChI=1S/C18H20N2O5S/c1-24-16-7-12(4-5-15(16)25-9-14-10-26-11-19-14)17(21)20-6-2-3-13(8-20)18(22)23/h4-5,7,10-11,13H,2-3,6,8-9H2,1H3,(H,22,23)/t13-/m0/s1. The van der Waals surface area contributed by atoms with Gasteiger partial charge in [0.05, 0.1) is 24.2 Å². The Labute approximate surface area is 155 Å². The lowest BCUT2D eigenvalue weighted by Crippen LogP contribution is -2.42. The monoisotopic (exact) mass is 376 g/mol. The lowest BCUT2D eigenvalue weighted by atomic mass is 9.97. The number of aromatic nitrogens is 1. The van der Waals surface area contributed by atoms with Crippen LogP contribution in [-0.2, 0) is 11.4 Å². The molecule has 1 aromatic heterocycles. The number of likely N-dealkylation sites (tertiary alicyclic amines) is 1. The summed E-state index contributed by atoms with van der Waals surface area (Å²) in [4.78, 5) is 29.7. The molecule has 0 saturated carbocycles. The number of rotatable bonds is 6. The van der Waals surface area contributed by atoms with Crippen molar-refractivity contribution < 1.29 is 24.2 Å². The molecular weight excluding hydrogens is 356 g/mol. The third-order valence-corrected chi connectivity index (χ3v) is 4.96. The first-order valence-corrected chi connectivity index (χ1v) is 9.22. The van der Waals surface area contributed by atoms with Crippen LogP contribution in [0.4, 0.5) is 0 Å². The Morgan fingerprint density at radius 1 is 1.38 bits per heavy atom. The molecule has 2 heterocycles. The number of hydrogen-bond donors (Lipinski definition) is 1. The predicted octanol–water partition coefficient (Wildman–Crippen LogP) is 2.67. The summed E-state index contributed by atoms with van der Waals surface area (Å²) in [5.74, 6) is -0.571. The van der Waals surface area contributed by atoms with Crippen molar-refractivity contribution in [3.05, 3.63) is 40.3 Å². The quantitative estimate of drug-likeness (QED) is 0.834. The van der Waals surface area contributed by atoms with Gasteiger partial charge < -0.3 is 19.5 Å². The minimum atomic E-state index is -0.856. The number of hydrogen-bond acceptors (Lipinski definition) is 6. The second-order valence-corrected chi connectivity index (χ2v) is 6.78. The minimum absolute atomic E-state index is 0.194. The van der Waals surface area contributed by atoms with E-state index in [0.717, 1.165) is 5.69 Å². The van der Waals surface area contributed by atoms with Crippen molar-refractivity contribution in [2.24, 2.45) is 5.92 Å². The van der Waals surface area contributed by atoms with E-state index in [1.54, 1.807) is 28.6 Å². The largest absolute Gasteiger partial charge is 0.493 e. The van der Waals surface area contributed by atoms with Crippen LogP contribution in [0.15, 0.2) is 29.1 Å². The summed E-state index contributed by atoms with van der Waals surface area (Å²) in [6.07, 6.45) is 1.29. The highest BCUT2D eigenvalue weighted by atomic mass is 32.1. The molecule has 7 nitrogen and oxygen atoms in total. The van der Waals surface area contributed by atoms with Gasteiger partial charge in [-0.25, -0.2) is 4.98 Å². The predicted molar refractivity (Wildman–Crippen MR) is 95.7 cm³/mol. The highest BCUT2D eigenvalue weighted by Gasteiger charge is 2.29. The van der Waals surface area contributed by atoms with Crippen molar-refractivity contribution in [3.63, 3.8) is 0 Å². The van der Waals surface area contributed by atoms with Gasteiger partial charge in [0.2, 0.25) is 0 Å². The Balaban J connectivity index is 1.71.